The minimum Gasteiger partial charge on any atom is -0.320 e. The van der Waals surface area contributed by atoms with E-state index in [4.69, 9.17) is 5.73 Å². The average molecular weight is 333 g/mol. The molecular weight excluding hydrogens is 314 g/mol. The molecule has 0 bridgehead atoms. The molecule has 2 aromatic carbocycles. The van der Waals surface area contributed by atoms with Gasteiger partial charge in [-0.1, -0.05) is 48.5 Å². The summed E-state index contributed by atoms with van der Waals surface area (Å²) in [6.45, 7) is 1.36. The van der Waals surface area contributed by atoms with Crippen LogP contribution in [-0.4, -0.2) is 22.8 Å². The quantitative estimate of drug-likeness (QED) is 0.796. The number of amides is 2. The van der Waals surface area contributed by atoms with Gasteiger partial charge in [0.1, 0.15) is 0 Å². The molecular formula is C20H19N3O2. The van der Waals surface area contributed by atoms with E-state index in [0.29, 0.717) is 17.6 Å². The Labute approximate surface area is 146 Å². The first-order chi connectivity index (χ1) is 12.1. The van der Waals surface area contributed by atoms with E-state index in [-0.39, 0.29) is 5.91 Å². The summed E-state index contributed by atoms with van der Waals surface area (Å²) < 4.78 is 0. The highest BCUT2D eigenvalue weighted by Crippen LogP contribution is 2.25. The molecule has 0 spiro atoms. The molecule has 3 rings (SSSR count). The van der Waals surface area contributed by atoms with Crippen LogP contribution in [0.2, 0.25) is 0 Å². The number of hydrogen-bond acceptors (Lipinski definition) is 4. The molecule has 25 heavy (non-hydrogen) atoms. The van der Waals surface area contributed by atoms with Crippen molar-refractivity contribution in [2.75, 3.05) is 4.90 Å². The number of pyridine rings is 1. The molecule has 0 aliphatic heterocycles. The molecule has 1 aromatic heterocycles. The third-order valence-electron chi connectivity index (χ3n) is 4.00. The van der Waals surface area contributed by atoms with Gasteiger partial charge in [-0.05, 0) is 24.1 Å². The molecule has 0 aliphatic carbocycles. The summed E-state index contributed by atoms with van der Waals surface area (Å²) in [5, 5.41) is 0.857. The summed E-state index contributed by atoms with van der Waals surface area (Å²) in [6, 6.07) is 17.8. The molecule has 5 heteroatoms. The molecule has 0 saturated heterocycles. The number of benzene rings is 2. The third-order valence-corrected chi connectivity index (χ3v) is 4.00. The van der Waals surface area contributed by atoms with Crippen molar-refractivity contribution in [1.29, 1.82) is 0 Å². The Morgan fingerprint density at radius 1 is 1.04 bits per heavy atom. The van der Waals surface area contributed by atoms with E-state index in [2.05, 4.69) is 4.98 Å². The van der Waals surface area contributed by atoms with Gasteiger partial charge in [0.2, 0.25) is 5.91 Å². The Bertz CT molecular complexity index is 904. The lowest BCUT2D eigenvalue weighted by atomic mass is 10.0. The first-order valence-electron chi connectivity index (χ1n) is 8.05. The second-order valence-corrected chi connectivity index (χ2v) is 5.84. The van der Waals surface area contributed by atoms with Gasteiger partial charge in [-0.25, -0.2) is 4.90 Å². The fourth-order valence-electron chi connectivity index (χ4n) is 2.83. The third kappa shape index (κ3) is 3.56. The maximum Gasteiger partial charge on any atom is 0.251 e. The molecule has 2 N–H and O–H groups in total. The van der Waals surface area contributed by atoms with Crippen LogP contribution < -0.4 is 10.6 Å². The predicted octanol–water partition coefficient (Wildman–Crippen LogP) is 2.68. The Kier molecular flexibility index (Phi) is 4.86. The van der Waals surface area contributed by atoms with Crippen LogP contribution in [0.15, 0.2) is 66.9 Å². The predicted molar refractivity (Wildman–Crippen MR) is 98.0 cm³/mol. The Hall–Kier alpha value is -3.05. The zero-order valence-corrected chi connectivity index (χ0v) is 13.9. The van der Waals surface area contributed by atoms with Crippen LogP contribution in [0, 0.1) is 0 Å². The van der Waals surface area contributed by atoms with Crippen LogP contribution >= 0.6 is 0 Å². The molecule has 0 unspecified atom stereocenters. The maximum atomic E-state index is 12.9. The largest absolute Gasteiger partial charge is 0.320 e. The molecule has 1 heterocycles. The summed E-state index contributed by atoms with van der Waals surface area (Å²) in [5.41, 5.74) is 8.11. The van der Waals surface area contributed by atoms with Crippen molar-refractivity contribution < 1.29 is 9.59 Å². The number of anilines is 1. The number of nitrogens with zero attached hydrogens (tertiary/aromatic N) is 2. The molecule has 5 nitrogen and oxygen atoms in total. The van der Waals surface area contributed by atoms with E-state index in [9.17, 15) is 9.59 Å². The zero-order chi connectivity index (χ0) is 17.8. The summed E-state index contributed by atoms with van der Waals surface area (Å²) in [4.78, 5) is 30.5. The lowest BCUT2D eigenvalue weighted by Gasteiger charge is -2.23. The summed E-state index contributed by atoms with van der Waals surface area (Å²) in [6.07, 6.45) is 2.00. The van der Waals surface area contributed by atoms with E-state index < -0.39 is 11.9 Å². The molecule has 3 aromatic rings. The lowest BCUT2D eigenvalue weighted by Crippen LogP contribution is -2.47. The number of imide groups is 1. The van der Waals surface area contributed by atoms with Gasteiger partial charge in [0.25, 0.3) is 5.91 Å². The molecule has 2 amide bonds. The summed E-state index contributed by atoms with van der Waals surface area (Å²) >= 11 is 0. The van der Waals surface area contributed by atoms with Crippen LogP contribution in [0.25, 0.3) is 10.9 Å². The van der Waals surface area contributed by atoms with Crippen molar-refractivity contribution in [2.45, 2.75) is 19.4 Å². The summed E-state index contributed by atoms with van der Waals surface area (Å²) in [7, 11) is 0. The highest BCUT2D eigenvalue weighted by Gasteiger charge is 2.27. The van der Waals surface area contributed by atoms with Crippen LogP contribution in [0.5, 0.6) is 0 Å². The van der Waals surface area contributed by atoms with Gasteiger partial charge in [0, 0.05) is 18.5 Å². The second-order valence-electron chi connectivity index (χ2n) is 5.84. The normalized spacial score (nSPS) is 11.9. The fourth-order valence-corrected chi connectivity index (χ4v) is 2.83. The van der Waals surface area contributed by atoms with Gasteiger partial charge in [-0.3, -0.25) is 14.6 Å². The van der Waals surface area contributed by atoms with E-state index >= 15 is 0 Å². The molecule has 126 valence electrons. The Morgan fingerprint density at radius 2 is 1.76 bits per heavy atom. The highest BCUT2D eigenvalue weighted by molar-refractivity contribution is 6.19. The number of carbonyl (C=O) groups is 2. The Morgan fingerprint density at radius 3 is 2.48 bits per heavy atom. The van der Waals surface area contributed by atoms with Gasteiger partial charge in [-0.15, -0.1) is 0 Å². The van der Waals surface area contributed by atoms with Crippen LogP contribution in [0.1, 0.15) is 12.5 Å². The van der Waals surface area contributed by atoms with Crippen LogP contribution in [-0.2, 0) is 16.0 Å². The van der Waals surface area contributed by atoms with Crippen molar-refractivity contribution in [3.8, 4) is 0 Å². The standard InChI is InChI=1S/C20H19N3O2/c1-14(24)23(18-11-5-9-16-10-6-12-22-19(16)18)20(25)17(21)13-15-7-3-2-4-8-15/h2-12,17H,13,21H2,1H3/t17-/m0/s1. The first-order valence-corrected chi connectivity index (χ1v) is 8.05. The van der Waals surface area contributed by atoms with Gasteiger partial charge >= 0.3 is 0 Å². The van der Waals surface area contributed by atoms with Crippen molar-refractivity contribution in [1.82, 2.24) is 4.98 Å². The van der Waals surface area contributed by atoms with E-state index in [1.165, 1.54) is 6.92 Å². The topological polar surface area (TPSA) is 76.3 Å². The number of rotatable bonds is 4. The fraction of sp³-hybridized carbons (Fsp3) is 0.150. The van der Waals surface area contributed by atoms with Crippen molar-refractivity contribution >= 4 is 28.4 Å². The van der Waals surface area contributed by atoms with E-state index in [0.717, 1.165) is 15.8 Å². The average Bonchev–Trinajstić information content (AvgIpc) is 2.62. The van der Waals surface area contributed by atoms with Gasteiger partial charge < -0.3 is 5.73 Å². The smallest absolute Gasteiger partial charge is 0.251 e. The molecule has 1 atom stereocenters. The molecule has 0 radical (unpaired) electrons. The number of aromatic nitrogens is 1. The highest BCUT2D eigenvalue weighted by atomic mass is 16.2. The lowest BCUT2D eigenvalue weighted by molar-refractivity contribution is -0.126. The minimum absolute atomic E-state index is 0.363. The van der Waals surface area contributed by atoms with Crippen molar-refractivity contribution in [3.05, 3.63) is 72.4 Å². The molecule has 0 fully saturated rings. The zero-order valence-electron chi connectivity index (χ0n) is 13.9. The second kappa shape index (κ2) is 7.23. The van der Waals surface area contributed by atoms with E-state index in [1.807, 2.05) is 48.5 Å². The minimum atomic E-state index is -0.815. The van der Waals surface area contributed by atoms with E-state index in [1.54, 1.807) is 18.3 Å². The molecule has 0 saturated carbocycles. The number of fused-ring (bicyclic) bond motifs is 1. The maximum absolute atomic E-state index is 12.9. The van der Waals surface area contributed by atoms with Gasteiger partial charge in [-0.2, -0.15) is 0 Å². The van der Waals surface area contributed by atoms with Gasteiger partial charge in [0.05, 0.1) is 17.2 Å². The number of para-hydroxylation sites is 1. The van der Waals surface area contributed by atoms with Crippen molar-refractivity contribution in [2.24, 2.45) is 5.73 Å². The number of hydrogen-bond donors (Lipinski definition) is 1. The Balaban J connectivity index is 1.95. The first kappa shape index (κ1) is 16.8. The molecule has 0 aliphatic rings. The van der Waals surface area contributed by atoms with Crippen molar-refractivity contribution in [3.63, 3.8) is 0 Å². The number of nitrogens with two attached hydrogens (primary N) is 1. The SMILES string of the molecule is CC(=O)N(C(=O)[C@@H](N)Cc1ccccc1)c1cccc2cccnc12. The van der Waals surface area contributed by atoms with Crippen LogP contribution in [0.4, 0.5) is 5.69 Å². The summed E-state index contributed by atoms with van der Waals surface area (Å²) in [5.74, 6) is -0.818. The number of carbonyl (C=O) groups excluding carboxylic acids is 2. The monoisotopic (exact) mass is 333 g/mol. The van der Waals surface area contributed by atoms with Gasteiger partial charge in [0.15, 0.2) is 0 Å². The van der Waals surface area contributed by atoms with Crippen LogP contribution in [0.3, 0.4) is 0 Å².